The zero-order valence-electron chi connectivity index (χ0n) is 14.3. The molecular formula is C17H15ClF3NO6. The van der Waals surface area contributed by atoms with Crippen molar-refractivity contribution in [3.8, 4) is 5.75 Å². The number of esters is 1. The SMILES string of the molecule is O=C(Nc1ccc(OC(F)(F)F)cc1Cl)C1=C(O)OC2(CCCCC2)OC1=O. The summed E-state index contributed by atoms with van der Waals surface area (Å²) in [4.78, 5) is 24.6. The van der Waals surface area contributed by atoms with Crippen LogP contribution in [-0.2, 0) is 19.1 Å². The molecule has 7 nitrogen and oxygen atoms in total. The van der Waals surface area contributed by atoms with Crippen molar-refractivity contribution in [2.75, 3.05) is 5.32 Å². The summed E-state index contributed by atoms with van der Waals surface area (Å²) in [7, 11) is 0. The zero-order valence-corrected chi connectivity index (χ0v) is 15.0. The molecule has 1 saturated carbocycles. The first kappa shape index (κ1) is 20.1. The predicted octanol–water partition coefficient (Wildman–Crippen LogP) is 4.18. The summed E-state index contributed by atoms with van der Waals surface area (Å²) in [5, 5.41) is 12.0. The summed E-state index contributed by atoms with van der Waals surface area (Å²) in [6.45, 7) is 0. The van der Waals surface area contributed by atoms with Crippen molar-refractivity contribution in [3.63, 3.8) is 0 Å². The van der Waals surface area contributed by atoms with Crippen LogP contribution >= 0.6 is 11.6 Å². The number of rotatable bonds is 3. The number of hydrogen-bond donors (Lipinski definition) is 2. The highest BCUT2D eigenvalue weighted by molar-refractivity contribution is 6.34. The molecule has 0 saturated heterocycles. The first-order chi connectivity index (χ1) is 13.1. The second kappa shape index (κ2) is 7.42. The fourth-order valence-corrected chi connectivity index (χ4v) is 3.24. The van der Waals surface area contributed by atoms with Crippen LogP contribution < -0.4 is 10.1 Å². The number of alkyl halides is 3. The fraction of sp³-hybridized carbons (Fsp3) is 0.412. The Bertz CT molecular complexity index is 833. The van der Waals surface area contributed by atoms with E-state index >= 15 is 0 Å². The molecular weight excluding hydrogens is 407 g/mol. The number of nitrogens with one attached hydrogen (secondary N) is 1. The maximum absolute atomic E-state index is 12.3. The number of anilines is 1. The lowest BCUT2D eigenvalue weighted by Gasteiger charge is -2.38. The molecule has 2 N–H and O–H groups in total. The third-order valence-corrected chi connectivity index (χ3v) is 4.56. The number of benzene rings is 1. The molecule has 0 radical (unpaired) electrons. The molecule has 3 rings (SSSR count). The van der Waals surface area contributed by atoms with Crippen LogP contribution in [0.2, 0.25) is 5.02 Å². The molecule has 152 valence electrons. The number of amides is 1. The van der Waals surface area contributed by atoms with Gasteiger partial charge in [0.15, 0.2) is 0 Å². The van der Waals surface area contributed by atoms with Gasteiger partial charge in [0.05, 0.1) is 10.7 Å². The predicted molar refractivity (Wildman–Crippen MR) is 89.4 cm³/mol. The summed E-state index contributed by atoms with van der Waals surface area (Å²) in [5.74, 6) is -4.88. The Labute approximate surface area is 162 Å². The molecule has 1 fully saturated rings. The maximum atomic E-state index is 12.3. The fourth-order valence-electron chi connectivity index (χ4n) is 3.02. The van der Waals surface area contributed by atoms with Crippen molar-refractivity contribution in [1.29, 1.82) is 0 Å². The first-order valence-corrected chi connectivity index (χ1v) is 8.69. The van der Waals surface area contributed by atoms with Gasteiger partial charge in [-0.2, -0.15) is 0 Å². The largest absolute Gasteiger partial charge is 0.573 e. The Morgan fingerprint density at radius 2 is 1.89 bits per heavy atom. The maximum Gasteiger partial charge on any atom is 0.573 e. The van der Waals surface area contributed by atoms with Crippen LogP contribution in [0.25, 0.3) is 0 Å². The van der Waals surface area contributed by atoms with Gasteiger partial charge in [-0.25, -0.2) is 4.79 Å². The van der Waals surface area contributed by atoms with Crippen molar-refractivity contribution in [1.82, 2.24) is 0 Å². The molecule has 1 spiro atoms. The zero-order chi connectivity index (χ0) is 20.5. The van der Waals surface area contributed by atoms with Gasteiger partial charge in [-0.3, -0.25) is 4.79 Å². The van der Waals surface area contributed by atoms with E-state index in [9.17, 15) is 27.9 Å². The number of halogens is 4. The Balaban J connectivity index is 1.75. The van der Waals surface area contributed by atoms with Gasteiger partial charge >= 0.3 is 18.3 Å². The first-order valence-electron chi connectivity index (χ1n) is 8.31. The van der Waals surface area contributed by atoms with Crippen molar-refractivity contribution in [2.24, 2.45) is 0 Å². The van der Waals surface area contributed by atoms with Crippen LogP contribution in [0.1, 0.15) is 32.1 Å². The number of ether oxygens (including phenoxy) is 3. The Morgan fingerprint density at radius 1 is 1.21 bits per heavy atom. The van der Waals surface area contributed by atoms with E-state index in [1.807, 2.05) is 0 Å². The normalized spacial score (nSPS) is 19.1. The molecule has 0 unspecified atom stereocenters. The minimum Gasteiger partial charge on any atom is -0.480 e. The smallest absolute Gasteiger partial charge is 0.480 e. The van der Waals surface area contributed by atoms with E-state index in [-0.39, 0.29) is 10.7 Å². The average molecular weight is 422 g/mol. The lowest BCUT2D eigenvalue weighted by atomic mass is 9.93. The summed E-state index contributed by atoms with van der Waals surface area (Å²) >= 11 is 5.84. The van der Waals surface area contributed by atoms with E-state index in [0.29, 0.717) is 12.8 Å². The monoisotopic (exact) mass is 421 g/mol. The lowest BCUT2D eigenvalue weighted by molar-refractivity contribution is -0.274. The number of carbonyl (C=O) groups is 2. The minimum absolute atomic E-state index is 0.104. The number of aliphatic hydroxyl groups is 1. The van der Waals surface area contributed by atoms with E-state index in [0.717, 1.165) is 37.5 Å². The molecule has 2 aliphatic rings. The van der Waals surface area contributed by atoms with Crippen molar-refractivity contribution in [2.45, 2.75) is 44.3 Å². The third kappa shape index (κ3) is 4.44. The van der Waals surface area contributed by atoms with E-state index in [1.165, 1.54) is 0 Å². The van der Waals surface area contributed by atoms with E-state index in [2.05, 4.69) is 10.1 Å². The Hall–Kier alpha value is -2.62. The van der Waals surface area contributed by atoms with Crippen LogP contribution in [0.3, 0.4) is 0 Å². The molecule has 28 heavy (non-hydrogen) atoms. The highest BCUT2D eigenvalue weighted by Gasteiger charge is 2.46. The molecule has 11 heteroatoms. The molecule has 0 bridgehead atoms. The van der Waals surface area contributed by atoms with Crippen LogP contribution in [0.15, 0.2) is 29.7 Å². The molecule has 1 heterocycles. The Kier molecular flexibility index (Phi) is 5.33. The van der Waals surface area contributed by atoms with Crippen LogP contribution in [0.5, 0.6) is 5.75 Å². The average Bonchev–Trinajstić information content (AvgIpc) is 2.56. The summed E-state index contributed by atoms with van der Waals surface area (Å²) in [6.07, 6.45) is -1.70. The van der Waals surface area contributed by atoms with Gasteiger partial charge < -0.3 is 24.6 Å². The highest BCUT2D eigenvalue weighted by Crippen LogP contribution is 2.38. The van der Waals surface area contributed by atoms with Gasteiger partial charge in [-0.05, 0) is 25.0 Å². The van der Waals surface area contributed by atoms with Crippen LogP contribution in [0.4, 0.5) is 18.9 Å². The summed E-state index contributed by atoms with van der Waals surface area (Å²) in [5.41, 5.74) is -0.866. The van der Waals surface area contributed by atoms with Crippen molar-refractivity contribution >= 4 is 29.2 Å². The van der Waals surface area contributed by atoms with E-state index < -0.39 is 41.3 Å². The lowest BCUT2D eigenvalue weighted by Crippen LogP contribution is -2.45. The highest BCUT2D eigenvalue weighted by atomic mass is 35.5. The third-order valence-electron chi connectivity index (χ3n) is 4.24. The Morgan fingerprint density at radius 3 is 2.46 bits per heavy atom. The van der Waals surface area contributed by atoms with Crippen molar-refractivity contribution < 1.29 is 42.1 Å². The molecule has 1 aromatic carbocycles. The molecule has 0 atom stereocenters. The van der Waals surface area contributed by atoms with Gasteiger partial charge in [0.2, 0.25) is 5.57 Å². The van der Waals surface area contributed by atoms with E-state index in [1.54, 1.807) is 0 Å². The summed E-state index contributed by atoms with van der Waals surface area (Å²) < 4.78 is 51.0. The van der Waals surface area contributed by atoms with E-state index in [4.69, 9.17) is 21.1 Å². The molecule has 1 amide bonds. The van der Waals surface area contributed by atoms with Crippen molar-refractivity contribution in [3.05, 3.63) is 34.7 Å². The molecule has 1 aliphatic heterocycles. The van der Waals surface area contributed by atoms with Crippen LogP contribution in [0, 0.1) is 0 Å². The standard InChI is InChI=1S/C17H15ClF3NO6/c18-10-8-9(26-17(19,20)21)4-5-11(10)22-13(23)12-14(24)27-16(28-15(12)25)6-2-1-3-7-16/h4-5,8,24H,1-3,6-7H2,(H,22,23). The molecule has 1 aliphatic carbocycles. The van der Waals surface area contributed by atoms with Gasteiger partial charge in [-0.1, -0.05) is 18.0 Å². The quantitative estimate of drug-likeness (QED) is 0.561. The second-order valence-corrected chi connectivity index (χ2v) is 6.69. The summed E-state index contributed by atoms with van der Waals surface area (Å²) in [6, 6.07) is 2.82. The minimum atomic E-state index is -4.90. The second-order valence-electron chi connectivity index (χ2n) is 6.29. The number of carbonyl (C=O) groups excluding carboxylic acids is 2. The molecule has 0 aromatic heterocycles. The number of hydrogen-bond acceptors (Lipinski definition) is 6. The molecule has 1 aromatic rings. The topological polar surface area (TPSA) is 94.1 Å². The van der Waals surface area contributed by atoms with Gasteiger partial charge in [0.1, 0.15) is 5.75 Å². The van der Waals surface area contributed by atoms with Gasteiger partial charge in [-0.15, -0.1) is 13.2 Å². The van der Waals surface area contributed by atoms with Crippen LogP contribution in [-0.4, -0.2) is 29.1 Å². The van der Waals surface area contributed by atoms with Gasteiger partial charge in [0.25, 0.3) is 11.7 Å². The number of aliphatic hydroxyl groups excluding tert-OH is 1. The van der Waals surface area contributed by atoms with Gasteiger partial charge in [0, 0.05) is 18.9 Å².